The van der Waals surface area contributed by atoms with Crippen molar-refractivity contribution >= 4 is 11.6 Å². The fraction of sp³-hybridized carbons (Fsp3) is 0.190. The number of halogens is 1. The fourth-order valence-electron chi connectivity index (χ4n) is 3.10. The number of anilines is 1. The van der Waals surface area contributed by atoms with Gasteiger partial charge < -0.3 is 4.90 Å². The van der Waals surface area contributed by atoms with Crippen LogP contribution in [-0.2, 0) is 4.79 Å². The molecule has 0 spiro atoms. The maximum absolute atomic E-state index is 14.3. The topological polar surface area (TPSA) is 46.1 Å². The monoisotopic (exact) mass is 347 g/mol. The van der Waals surface area contributed by atoms with Gasteiger partial charge in [0.1, 0.15) is 17.4 Å². The van der Waals surface area contributed by atoms with E-state index in [-0.39, 0.29) is 11.6 Å². The van der Waals surface area contributed by atoms with Crippen LogP contribution in [-0.4, -0.2) is 28.8 Å². The van der Waals surface area contributed by atoms with Gasteiger partial charge in [-0.3, -0.25) is 4.79 Å². The zero-order valence-electron chi connectivity index (χ0n) is 14.2. The Labute approximate surface area is 151 Å². The number of ketones is 1. The van der Waals surface area contributed by atoms with Gasteiger partial charge in [-0.15, -0.1) is 0 Å². The van der Waals surface area contributed by atoms with Crippen LogP contribution in [0.3, 0.4) is 0 Å². The van der Waals surface area contributed by atoms with Gasteiger partial charge in [-0.2, -0.15) is 0 Å². The van der Waals surface area contributed by atoms with Gasteiger partial charge >= 0.3 is 0 Å². The number of nitrogens with zero attached hydrogens (tertiary/aromatic N) is 3. The molecule has 0 bridgehead atoms. The van der Waals surface area contributed by atoms with E-state index in [9.17, 15) is 9.18 Å². The number of piperidine rings is 1. The first-order valence-corrected chi connectivity index (χ1v) is 8.67. The molecule has 0 aliphatic carbocycles. The molecule has 0 amide bonds. The normalized spacial score (nSPS) is 14.5. The molecule has 4 nitrogen and oxygen atoms in total. The van der Waals surface area contributed by atoms with E-state index in [0.717, 1.165) is 17.1 Å². The number of rotatable bonds is 3. The van der Waals surface area contributed by atoms with Crippen molar-refractivity contribution in [2.75, 3.05) is 18.0 Å². The molecule has 1 aliphatic rings. The number of benzene rings is 2. The van der Waals surface area contributed by atoms with Crippen molar-refractivity contribution in [3.8, 4) is 22.6 Å². The van der Waals surface area contributed by atoms with E-state index in [4.69, 9.17) is 0 Å². The minimum atomic E-state index is -0.350. The highest BCUT2D eigenvalue weighted by Gasteiger charge is 2.20. The summed E-state index contributed by atoms with van der Waals surface area (Å²) in [6.45, 7) is 1.25. The standard InChI is InChI=1S/C21H18FN3O/c22-18-9-5-4-8-17(18)21-23-19(15-6-2-1-3-7-15)14-20(24-21)25-12-10-16(26)11-13-25/h1-9,14H,10-13H2. The molecule has 5 heteroatoms. The molecule has 130 valence electrons. The van der Waals surface area contributed by atoms with E-state index < -0.39 is 0 Å². The molecule has 0 unspecified atom stereocenters. The highest BCUT2D eigenvalue weighted by Crippen LogP contribution is 2.28. The lowest BCUT2D eigenvalue weighted by molar-refractivity contribution is -0.119. The summed E-state index contributed by atoms with van der Waals surface area (Å²) in [7, 11) is 0. The fourth-order valence-corrected chi connectivity index (χ4v) is 3.10. The minimum absolute atomic E-state index is 0.271. The van der Waals surface area contributed by atoms with Crippen molar-refractivity contribution in [3.63, 3.8) is 0 Å². The first-order chi connectivity index (χ1) is 12.7. The summed E-state index contributed by atoms with van der Waals surface area (Å²) >= 11 is 0. The van der Waals surface area contributed by atoms with E-state index in [0.29, 0.717) is 37.3 Å². The van der Waals surface area contributed by atoms with Crippen molar-refractivity contribution in [1.29, 1.82) is 0 Å². The number of carbonyl (C=O) groups is 1. The Bertz CT molecular complexity index is 933. The van der Waals surface area contributed by atoms with Gasteiger partial charge in [0.2, 0.25) is 0 Å². The summed E-state index contributed by atoms with van der Waals surface area (Å²) in [5.41, 5.74) is 2.06. The molecule has 0 atom stereocenters. The number of Topliss-reactive ketones (excluding diaryl/α,β-unsaturated/α-hetero) is 1. The number of aromatic nitrogens is 2. The summed E-state index contributed by atoms with van der Waals surface area (Å²) in [4.78, 5) is 22.8. The summed E-state index contributed by atoms with van der Waals surface area (Å²) in [5.74, 6) is 1.01. The second-order valence-corrected chi connectivity index (χ2v) is 6.31. The van der Waals surface area contributed by atoms with Gasteiger partial charge in [0.05, 0.1) is 11.3 Å². The SMILES string of the molecule is O=C1CCN(c2cc(-c3ccccc3)nc(-c3ccccc3F)n2)CC1. The van der Waals surface area contributed by atoms with Crippen LogP contribution in [0.4, 0.5) is 10.2 Å². The zero-order chi connectivity index (χ0) is 17.9. The maximum atomic E-state index is 14.3. The molecule has 0 N–H and O–H groups in total. The lowest BCUT2D eigenvalue weighted by Gasteiger charge is -2.27. The van der Waals surface area contributed by atoms with Crippen LogP contribution in [0.2, 0.25) is 0 Å². The van der Waals surface area contributed by atoms with Crippen molar-refractivity contribution in [2.24, 2.45) is 0 Å². The summed E-state index contributed by atoms with van der Waals surface area (Å²) in [5, 5.41) is 0. The first-order valence-electron chi connectivity index (χ1n) is 8.67. The number of hydrogen-bond donors (Lipinski definition) is 0. The van der Waals surface area contributed by atoms with Crippen LogP contribution in [0.25, 0.3) is 22.6 Å². The van der Waals surface area contributed by atoms with Crippen molar-refractivity contribution in [2.45, 2.75) is 12.8 Å². The minimum Gasteiger partial charge on any atom is -0.356 e. The lowest BCUT2D eigenvalue weighted by atomic mass is 10.1. The van der Waals surface area contributed by atoms with E-state index in [1.807, 2.05) is 36.4 Å². The van der Waals surface area contributed by atoms with Gasteiger partial charge in [-0.1, -0.05) is 42.5 Å². The summed E-state index contributed by atoms with van der Waals surface area (Å²) in [6.07, 6.45) is 1.03. The molecule has 1 saturated heterocycles. The Morgan fingerprint density at radius 2 is 1.58 bits per heavy atom. The van der Waals surface area contributed by atoms with Crippen LogP contribution < -0.4 is 4.90 Å². The molecule has 3 aromatic rings. The first kappa shape index (κ1) is 16.4. The molecule has 1 aliphatic heterocycles. The molecule has 0 radical (unpaired) electrons. The molecule has 26 heavy (non-hydrogen) atoms. The largest absolute Gasteiger partial charge is 0.356 e. The Morgan fingerprint density at radius 1 is 0.885 bits per heavy atom. The third-order valence-corrected chi connectivity index (χ3v) is 4.54. The van der Waals surface area contributed by atoms with E-state index in [2.05, 4.69) is 14.9 Å². The Morgan fingerprint density at radius 3 is 2.31 bits per heavy atom. The lowest BCUT2D eigenvalue weighted by Crippen LogP contribution is -2.34. The Hall–Kier alpha value is -3.08. The average Bonchev–Trinajstić information content (AvgIpc) is 2.69. The number of carbonyl (C=O) groups excluding carboxylic acids is 1. The number of hydrogen-bond acceptors (Lipinski definition) is 4. The predicted molar refractivity (Wildman–Crippen MR) is 99.3 cm³/mol. The molecule has 1 aromatic heterocycles. The van der Waals surface area contributed by atoms with Crippen LogP contribution >= 0.6 is 0 Å². The van der Waals surface area contributed by atoms with E-state index >= 15 is 0 Å². The summed E-state index contributed by atoms with van der Waals surface area (Å²) < 4.78 is 14.3. The molecular formula is C21H18FN3O. The molecular weight excluding hydrogens is 329 g/mol. The van der Waals surface area contributed by atoms with Crippen LogP contribution in [0.1, 0.15) is 12.8 Å². The zero-order valence-corrected chi connectivity index (χ0v) is 14.2. The van der Waals surface area contributed by atoms with Crippen LogP contribution in [0.5, 0.6) is 0 Å². The van der Waals surface area contributed by atoms with E-state index in [1.165, 1.54) is 6.07 Å². The van der Waals surface area contributed by atoms with Crippen molar-refractivity contribution < 1.29 is 9.18 Å². The Balaban J connectivity index is 1.82. The molecule has 2 heterocycles. The third kappa shape index (κ3) is 3.33. The van der Waals surface area contributed by atoms with Gasteiger partial charge in [0, 0.05) is 37.6 Å². The molecule has 2 aromatic carbocycles. The summed E-state index contributed by atoms with van der Waals surface area (Å²) in [6, 6.07) is 18.2. The van der Waals surface area contributed by atoms with Gasteiger partial charge in [-0.25, -0.2) is 14.4 Å². The Kier molecular flexibility index (Phi) is 4.44. The van der Waals surface area contributed by atoms with Crippen LogP contribution in [0, 0.1) is 5.82 Å². The van der Waals surface area contributed by atoms with Gasteiger partial charge in [0.25, 0.3) is 0 Å². The molecule has 1 fully saturated rings. The smallest absolute Gasteiger partial charge is 0.165 e. The van der Waals surface area contributed by atoms with Crippen molar-refractivity contribution in [1.82, 2.24) is 9.97 Å². The second kappa shape index (κ2) is 7.04. The maximum Gasteiger partial charge on any atom is 0.165 e. The predicted octanol–water partition coefficient (Wildman–Crippen LogP) is 4.12. The van der Waals surface area contributed by atoms with Gasteiger partial charge in [-0.05, 0) is 12.1 Å². The van der Waals surface area contributed by atoms with E-state index in [1.54, 1.807) is 18.2 Å². The van der Waals surface area contributed by atoms with Crippen molar-refractivity contribution in [3.05, 3.63) is 66.5 Å². The van der Waals surface area contributed by atoms with Crippen LogP contribution in [0.15, 0.2) is 60.7 Å². The highest BCUT2D eigenvalue weighted by molar-refractivity contribution is 5.81. The third-order valence-electron chi connectivity index (χ3n) is 4.54. The quantitative estimate of drug-likeness (QED) is 0.715. The average molecular weight is 347 g/mol. The second-order valence-electron chi connectivity index (χ2n) is 6.31. The molecule has 0 saturated carbocycles. The van der Waals surface area contributed by atoms with Gasteiger partial charge in [0.15, 0.2) is 5.82 Å². The highest BCUT2D eigenvalue weighted by atomic mass is 19.1. The molecule has 4 rings (SSSR count).